The fourth-order valence-corrected chi connectivity index (χ4v) is 4.59. The fraction of sp³-hybridized carbons (Fsp3) is 0.259. The van der Waals surface area contributed by atoms with Crippen molar-refractivity contribution in [2.75, 3.05) is 23.7 Å². The Morgan fingerprint density at radius 2 is 1.54 bits per heavy atom. The van der Waals surface area contributed by atoms with Gasteiger partial charge in [0.1, 0.15) is 24.1 Å². The molecule has 3 rings (SSSR count). The van der Waals surface area contributed by atoms with Crippen LogP contribution in [0.15, 0.2) is 78.9 Å². The molecule has 3 aromatic carbocycles. The van der Waals surface area contributed by atoms with Crippen LogP contribution in [0.1, 0.15) is 19.4 Å². The number of ether oxygens (including phenoxy) is 1. The van der Waals surface area contributed by atoms with Crippen molar-refractivity contribution in [1.82, 2.24) is 10.2 Å². The third-order valence-corrected chi connectivity index (χ3v) is 6.96. The Morgan fingerprint density at radius 3 is 2.11 bits per heavy atom. The second-order valence-corrected chi connectivity index (χ2v) is 10.7. The summed E-state index contributed by atoms with van der Waals surface area (Å²) in [5.41, 5.74) is 1.05. The van der Waals surface area contributed by atoms with E-state index in [-0.39, 0.29) is 12.5 Å². The van der Waals surface area contributed by atoms with E-state index in [0.29, 0.717) is 28.8 Å². The van der Waals surface area contributed by atoms with Crippen molar-refractivity contribution in [3.05, 3.63) is 89.4 Å². The Hall–Kier alpha value is -3.56. The summed E-state index contributed by atoms with van der Waals surface area (Å²) in [6.07, 6.45) is 1.03. The zero-order valence-electron chi connectivity index (χ0n) is 20.9. The maximum Gasteiger partial charge on any atom is 0.244 e. The van der Waals surface area contributed by atoms with Gasteiger partial charge in [0.05, 0.1) is 11.9 Å². The van der Waals surface area contributed by atoms with Gasteiger partial charge < -0.3 is 15.0 Å². The second kappa shape index (κ2) is 12.6. The second-order valence-electron chi connectivity index (χ2n) is 8.40. The van der Waals surface area contributed by atoms with Crippen LogP contribution >= 0.6 is 11.6 Å². The first-order chi connectivity index (χ1) is 17.6. The summed E-state index contributed by atoms with van der Waals surface area (Å²) in [6, 6.07) is 21.7. The molecule has 1 N–H and O–H groups in total. The van der Waals surface area contributed by atoms with Gasteiger partial charge in [-0.05, 0) is 67.9 Å². The molecule has 0 aliphatic carbocycles. The molecular formula is C27H30ClN3O5S. The highest BCUT2D eigenvalue weighted by Gasteiger charge is 2.30. The minimum Gasteiger partial charge on any atom is -0.457 e. The number of rotatable bonds is 11. The van der Waals surface area contributed by atoms with Crippen LogP contribution in [0.4, 0.5) is 5.69 Å². The van der Waals surface area contributed by atoms with Gasteiger partial charge in [-0.2, -0.15) is 0 Å². The van der Waals surface area contributed by atoms with Gasteiger partial charge in [-0.1, -0.05) is 41.9 Å². The predicted molar refractivity (Wildman–Crippen MR) is 145 cm³/mol. The molecule has 2 amide bonds. The van der Waals surface area contributed by atoms with E-state index in [1.165, 1.54) is 4.90 Å². The summed E-state index contributed by atoms with van der Waals surface area (Å²) in [7, 11) is -3.83. The average molecular weight is 544 g/mol. The van der Waals surface area contributed by atoms with Crippen LogP contribution in [0.5, 0.6) is 11.5 Å². The summed E-state index contributed by atoms with van der Waals surface area (Å²) in [5, 5.41) is 3.26. The number of hydrogen-bond donors (Lipinski definition) is 1. The van der Waals surface area contributed by atoms with Crippen molar-refractivity contribution in [3.63, 3.8) is 0 Å². The van der Waals surface area contributed by atoms with Crippen molar-refractivity contribution in [2.45, 2.75) is 26.4 Å². The lowest BCUT2D eigenvalue weighted by atomic mass is 10.1. The van der Waals surface area contributed by atoms with Crippen LogP contribution in [-0.2, 0) is 26.2 Å². The first-order valence-corrected chi connectivity index (χ1v) is 13.9. The van der Waals surface area contributed by atoms with Gasteiger partial charge in [0.15, 0.2) is 0 Å². The number of nitrogens with zero attached hydrogens (tertiary/aromatic N) is 2. The molecular weight excluding hydrogens is 514 g/mol. The fourth-order valence-electron chi connectivity index (χ4n) is 3.61. The molecule has 8 nitrogen and oxygen atoms in total. The summed E-state index contributed by atoms with van der Waals surface area (Å²) >= 11 is 5.98. The van der Waals surface area contributed by atoms with Gasteiger partial charge in [0.2, 0.25) is 21.8 Å². The largest absolute Gasteiger partial charge is 0.457 e. The first-order valence-electron chi connectivity index (χ1n) is 11.7. The van der Waals surface area contributed by atoms with Crippen LogP contribution in [0.25, 0.3) is 0 Å². The van der Waals surface area contributed by atoms with E-state index >= 15 is 0 Å². The Morgan fingerprint density at radius 1 is 0.946 bits per heavy atom. The van der Waals surface area contributed by atoms with E-state index in [1.54, 1.807) is 74.5 Å². The predicted octanol–water partition coefficient (Wildman–Crippen LogP) is 4.45. The summed E-state index contributed by atoms with van der Waals surface area (Å²) in [4.78, 5) is 27.5. The Balaban J connectivity index is 1.85. The molecule has 0 saturated heterocycles. The maximum atomic E-state index is 13.5. The zero-order chi connectivity index (χ0) is 27.0. The molecule has 0 bridgehead atoms. The van der Waals surface area contributed by atoms with Gasteiger partial charge >= 0.3 is 0 Å². The topological polar surface area (TPSA) is 96.0 Å². The molecule has 1 atom stereocenters. The van der Waals surface area contributed by atoms with Crippen molar-refractivity contribution < 1.29 is 22.7 Å². The normalized spacial score (nSPS) is 11.9. The van der Waals surface area contributed by atoms with Gasteiger partial charge in [-0.15, -0.1) is 0 Å². The highest BCUT2D eigenvalue weighted by atomic mass is 35.5. The minimum absolute atomic E-state index is 0.107. The molecule has 0 aromatic heterocycles. The molecule has 37 heavy (non-hydrogen) atoms. The lowest BCUT2D eigenvalue weighted by Crippen LogP contribution is -2.51. The Bertz CT molecular complexity index is 1300. The monoisotopic (exact) mass is 543 g/mol. The van der Waals surface area contributed by atoms with Crippen molar-refractivity contribution in [1.29, 1.82) is 0 Å². The van der Waals surface area contributed by atoms with Crippen LogP contribution in [0.3, 0.4) is 0 Å². The van der Waals surface area contributed by atoms with Crippen LogP contribution in [0.2, 0.25) is 5.02 Å². The summed E-state index contributed by atoms with van der Waals surface area (Å²) < 4.78 is 32.2. The molecule has 0 saturated carbocycles. The molecule has 0 aliphatic heterocycles. The lowest BCUT2D eigenvalue weighted by Gasteiger charge is -2.31. The lowest BCUT2D eigenvalue weighted by molar-refractivity contribution is -0.139. The summed E-state index contributed by atoms with van der Waals surface area (Å²) in [6.45, 7) is 3.43. The van der Waals surface area contributed by atoms with Crippen LogP contribution in [-0.4, -0.2) is 50.5 Å². The standard InChI is InChI=1S/C27H30ClN3O5S/c1-4-29-27(33)20(2)30(18-21-10-12-22(28)13-11-21)26(32)19-31(37(3,34)35)23-14-16-25(17-15-23)36-24-8-6-5-7-9-24/h5-17,20H,4,18-19H2,1-3H3,(H,29,33)/t20-/m0/s1. The Kier molecular flexibility index (Phi) is 9.54. The number of carbonyl (C=O) groups excluding carboxylic acids is 2. The summed E-state index contributed by atoms with van der Waals surface area (Å²) in [5.74, 6) is 0.299. The highest BCUT2D eigenvalue weighted by Crippen LogP contribution is 2.26. The number of para-hydroxylation sites is 1. The quantitative estimate of drug-likeness (QED) is 0.385. The average Bonchev–Trinajstić information content (AvgIpc) is 2.87. The number of carbonyl (C=O) groups is 2. The molecule has 0 fully saturated rings. The zero-order valence-corrected chi connectivity index (χ0v) is 22.5. The number of nitrogens with one attached hydrogen (secondary N) is 1. The van der Waals surface area contributed by atoms with Gasteiger partial charge in [0.25, 0.3) is 0 Å². The molecule has 0 heterocycles. The van der Waals surface area contributed by atoms with Gasteiger partial charge in [0, 0.05) is 18.1 Å². The third-order valence-electron chi connectivity index (χ3n) is 5.57. The van der Waals surface area contributed by atoms with Crippen LogP contribution < -0.4 is 14.4 Å². The number of amides is 2. The SMILES string of the molecule is CCNC(=O)[C@H](C)N(Cc1ccc(Cl)cc1)C(=O)CN(c1ccc(Oc2ccccc2)cc1)S(C)(=O)=O. The van der Waals surface area contributed by atoms with E-state index in [1.807, 2.05) is 18.2 Å². The smallest absolute Gasteiger partial charge is 0.244 e. The van der Waals surface area contributed by atoms with Crippen molar-refractivity contribution in [3.8, 4) is 11.5 Å². The van der Waals surface area contributed by atoms with Crippen molar-refractivity contribution in [2.24, 2.45) is 0 Å². The molecule has 0 unspecified atom stereocenters. The molecule has 0 aliphatic rings. The molecule has 0 spiro atoms. The minimum atomic E-state index is -3.83. The van der Waals surface area contributed by atoms with E-state index in [4.69, 9.17) is 16.3 Å². The third kappa shape index (κ3) is 7.96. The van der Waals surface area contributed by atoms with Crippen molar-refractivity contribution >= 4 is 39.1 Å². The van der Waals surface area contributed by atoms with E-state index in [2.05, 4.69) is 5.32 Å². The number of anilines is 1. The number of benzene rings is 3. The van der Waals surface area contributed by atoms with E-state index in [9.17, 15) is 18.0 Å². The molecule has 0 radical (unpaired) electrons. The highest BCUT2D eigenvalue weighted by molar-refractivity contribution is 7.92. The van der Waals surface area contributed by atoms with Gasteiger partial charge in [-0.25, -0.2) is 8.42 Å². The number of halogens is 1. The number of hydrogen-bond acceptors (Lipinski definition) is 5. The number of sulfonamides is 1. The number of likely N-dealkylation sites (N-methyl/N-ethyl adjacent to an activating group) is 1. The van der Waals surface area contributed by atoms with Crippen LogP contribution in [0, 0.1) is 0 Å². The van der Waals surface area contributed by atoms with E-state index in [0.717, 1.165) is 16.1 Å². The molecule has 10 heteroatoms. The molecule has 196 valence electrons. The van der Waals surface area contributed by atoms with E-state index < -0.39 is 28.5 Å². The first kappa shape index (κ1) is 28.0. The maximum absolute atomic E-state index is 13.5. The Labute approximate surface area is 222 Å². The molecule has 3 aromatic rings. The van der Waals surface area contributed by atoms with Gasteiger partial charge in [-0.3, -0.25) is 13.9 Å².